The lowest BCUT2D eigenvalue weighted by atomic mass is 10.0. The van der Waals surface area contributed by atoms with Crippen LogP contribution < -0.4 is 4.72 Å². The van der Waals surface area contributed by atoms with Gasteiger partial charge in [-0.15, -0.1) is 5.10 Å². The summed E-state index contributed by atoms with van der Waals surface area (Å²) in [7, 11) is -3.42. The quantitative estimate of drug-likeness (QED) is 0.617. The van der Waals surface area contributed by atoms with Gasteiger partial charge in [-0.05, 0) is 38.0 Å². The summed E-state index contributed by atoms with van der Waals surface area (Å²) >= 11 is 0. The molecule has 0 aliphatic rings. The topological polar surface area (TPSA) is 116 Å². The Balaban J connectivity index is 2.16. The van der Waals surface area contributed by atoms with Crippen LogP contribution in [0, 0.1) is 20.8 Å². The standard InChI is InChI=1S/C17H16F3N5O4S/c1-8-5-6-9(2)13(12(8)14(26)29-4)24-30(27,28)16-22-15-21-10(3)7-11(17(18,19)20)25(15)23-16/h5-7,24H,1-4H3. The van der Waals surface area contributed by atoms with Crippen LogP contribution in [0.1, 0.15) is 32.9 Å². The Morgan fingerprint density at radius 1 is 1.13 bits per heavy atom. The van der Waals surface area contributed by atoms with Gasteiger partial charge in [-0.2, -0.15) is 31.1 Å². The van der Waals surface area contributed by atoms with Gasteiger partial charge in [0, 0.05) is 5.69 Å². The van der Waals surface area contributed by atoms with E-state index in [9.17, 15) is 26.4 Å². The molecule has 0 aliphatic carbocycles. The maximum Gasteiger partial charge on any atom is 0.433 e. The van der Waals surface area contributed by atoms with Crippen LogP contribution in [0.15, 0.2) is 23.4 Å². The number of alkyl halides is 3. The molecule has 9 nitrogen and oxygen atoms in total. The van der Waals surface area contributed by atoms with E-state index in [1.807, 2.05) is 0 Å². The minimum Gasteiger partial charge on any atom is -0.465 e. The van der Waals surface area contributed by atoms with Gasteiger partial charge in [-0.3, -0.25) is 4.72 Å². The lowest BCUT2D eigenvalue weighted by Crippen LogP contribution is -2.19. The number of aryl methyl sites for hydroxylation is 3. The lowest BCUT2D eigenvalue weighted by Gasteiger charge is -2.14. The number of carbonyl (C=O) groups excluding carboxylic acids is 1. The molecule has 0 bridgehead atoms. The van der Waals surface area contributed by atoms with Crippen molar-refractivity contribution in [1.29, 1.82) is 0 Å². The highest BCUT2D eigenvalue weighted by molar-refractivity contribution is 7.92. The van der Waals surface area contributed by atoms with E-state index in [0.29, 0.717) is 15.6 Å². The summed E-state index contributed by atoms with van der Waals surface area (Å²) in [6, 6.07) is 3.90. The first-order valence-electron chi connectivity index (χ1n) is 8.38. The number of hydrogen-bond donors (Lipinski definition) is 1. The van der Waals surface area contributed by atoms with Crippen LogP contribution in [-0.2, 0) is 20.9 Å². The second-order valence-corrected chi connectivity index (χ2v) is 8.01. The lowest BCUT2D eigenvalue weighted by molar-refractivity contribution is -0.142. The van der Waals surface area contributed by atoms with Crippen LogP contribution in [0.2, 0.25) is 0 Å². The molecule has 0 radical (unpaired) electrons. The Morgan fingerprint density at radius 2 is 1.77 bits per heavy atom. The first-order valence-corrected chi connectivity index (χ1v) is 9.86. The van der Waals surface area contributed by atoms with Crippen LogP contribution in [-0.4, -0.2) is 41.1 Å². The molecule has 160 valence electrons. The SMILES string of the molecule is COC(=O)c1c(C)ccc(C)c1NS(=O)(=O)c1nc2nc(C)cc(C(F)(F)F)n2n1. The molecule has 3 aromatic rings. The van der Waals surface area contributed by atoms with E-state index in [1.54, 1.807) is 26.0 Å². The number of methoxy groups -OCH3 is 1. The van der Waals surface area contributed by atoms with E-state index < -0.39 is 38.8 Å². The molecular formula is C17H16F3N5O4S. The van der Waals surface area contributed by atoms with E-state index in [1.165, 1.54) is 6.92 Å². The second-order valence-electron chi connectivity index (χ2n) is 6.43. The van der Waals surface area contributed by atoms with Crippen molar-refractivity contribution in [1.82, 2.24) is 19.6 Å². The van der Waals surface area contributed by atoms with Gasteiger partial charge in [0.2, 0.25) is 0 Å². The summed E-state index contributed by atoms with van der Waals surface area (Å²) < 4.78 is 72.8. The molecule has 0 saturated heterocycles. The molecule has 0 unspecified atom stereocenters. The minimum atomic E-state index is -4.81. The van der Waals surface area contributed by atoms with Crippen molar-refractivity contribution in [2.75, 3.05) is 11.8 Å². The van der Waals surface area contributed by atoms with Crippen molar-refractivity contribution in [2.24, 2.45) is 0 Å². The van der Waals surface area contributed by atoms with Crippen molar-refractivity contribution < 1.29 is 31.1 Å². The number of rotatable bonds is 4. The zero-order valence-corrected chi connectivity index (χ0v) is 17.0. The molecule has 13 heteroatoms. The summed E-state index contributed by atoms with van der Waals surface area (Å²) in [5.74, 6) is -1.31. The van der Waals surface area contributed by atoms with Gasteiger partial charge >= 0.3 is 12.1 Å². The molecule has 0 spiro atoms. The fourth-order valence-corrected chi connectivity index (χ4v) is 3.79. The van der Waals surface area contributed by atoms with Gasteiger partial charge in [0.1, 0.15) is 0 Å². The Bertz CT molecular complexity index is 1270. The number of ether oxygens (including phenoxy) is 1. The molecular weight excluding hydrogens is 427 g/mol. The molecule has 1 aromatic carbocycles. The number of anilines is 1. The predicted molar refractivity (Wildman–Crippen MR) is 98.6 cm³/mol. The number of nitrogens with zero attached hydrogens (tertiary/aromatic N) is 4. The van der Waals surface area contributed by atoms with Crippen molar-refractivity contribution in [3.63, 3.8) is 0 Å². The molecule has 3 rings (SSSR count). The molecule has 0 aliphatic heterocycles. The predicted octanol–water partition coefficient (Wildman–Crippen LogP) is 2.66. The maximum atomic E-state index is 13.3. The zero-order chi connectivity index (χ0) is 22.4. The fraction of sp³-hybridized carbons (Fsp3) is 0.294. The largest absolute Gasteiger partial charge is 0.465 e. The summed E-state index contributed by atoms with van der Waals surface area (Å²) in [5, 5.41) is 2.56. The highest BCUT2D eigenvalue weighted by Gasteiger charge is 2.36. The number of sulfonamides is 1. The van der Waals surface area contributed by atoms with Crippen molar-refractivity contribution in [2.45, 2.75) is 32.1 Å². The first-order chi connectivity index (χ1) is 13.8. The highest BCUT2D eigenvalue weighted by atomic mass is 32.2. The molecule has 1 N–H and O–H groups in total. The van der Waals surface area contributed by atoms with E-state index in [2.05, 4.69) is 19.8 Å². The van der Waals surface area contributed by atoms with Crippen LogP contribution in [0.4, 0.5) is 18.9 Å². The molecule has 0 fully saturated rings. The summed E-state index contributed by atoms with van der Waals surface area (Å²) in [6.07, 6.45) is -4.81. The zero-order valence-electron chi connectivity index (χ0n) is 16.2. The molecule has 0 saturated carbocycles. The van der Waals surface area contributed by atoms with Crippen molar-refractivity contribution >= 4 is 27.5 Å². The molecule has 2 aromatic heterocycles. The van der Waals surface area contributed by atoms with Gasteiger partial charge < -0.3 is 4.74 Å². The maximum absolute atomic E-state index is 13.3. The number of benzene rings is 1. The van der Waals surface area contributed by atoms with Gasteiger partial charge in [0.25, 0.3) is 21.0 Å². The fourth-order valence-electron chi connectivity index (χ4n) is 2.77. The number of nitrogens with one attached hydrogen (secondary N) is 1. The van der Waals surface area contributed by atoms with E-state index in [4.69, 9.17) is 4.74 Å². The van der Waals surface area contributed by atoms with Crippen LogP contribution >= 0.6 is 0 Å². The number of fused-ring (bicyclic) bond motifs is 1. The van der Waals surface area contributed by atoms with Crippen LogP contribution in [0.5, 0.6) is 0 Å². The molecule has 0 amide bonds. The summed E-state index contributed by atoms with van der Waals surface area (Å²) in [5.41, 5.74) is -0.527. The third-order valence-corrected chi connectivity index (χ3v) is 5.33. The number of halogens is 3. The number of esters is 1. The van der Waals surface area contributed by atoms with Crippen LogP contribution in [0.3, 0.4) is 0 Å². The number of hydrogen-bond acceptors (Lipinski definition) is 7. The molecule has 0 atom stereocenters. The Hall–Kier alpha value is -3.22. The third-order valence-electron chi connectivity index (χ3n) is 4.20. The average molecular weight is 443 g/mol. The normalized spacial score (nSPS) is 12.2. The Morgan fingerprint density at radius 3 is 2.37 bits per heavy atom. The molecule has 30 heavy (non-hydrogen) atoms. The van der Waals surface area contributed by atoms with Gasteiger partial charge in [-0.25, -0.2) is 9.78 Å². The minimum absolute atomic E-state index is 0.0124. The van der Waals surface area contributed by atoms with Gasteiger partial charge in [0.15, 0.2) is 5.69 Å². The van der Waals surface area contributed by atoms with Crippen molar-refractivity contribution in [3.8, 4) is 0 Å². The number of aromatic nitrogens is 4. The van der Waals surface area contributed by atoms with Gasteiger partial charge in [-0.1, -0.05) is 12.1 Å². The summed E-state index contributed by atoms with van der Waals surface area (Å²) in [6.45, 7) is 4.44. The highest BCUT2D eigenvalue weighted by Crippen LogP contribution is 2.30. The number of carbonyl (C=O) groups is 1. The second kappa shape index (κ2) is 7.23. The Kier molecular flexibility index (Phi) is 5.18. The molecule has 2 heterocycles. The average Bonchev–Trinajstić information content (AvgIpc) is 3.07. The van der Waals surface area contributed by atoms with Gasteiger partial charge in [0.05, 0.1) is 18.4 Å². The first kappa shape index (κ1) is 21.5. The van der Waals surface area contributed by atoms with E-state index in [0.717, 1.165) is 13.2 Å². The van der Waals surface area contributed by atoms with E-state index >= 15 is 0 Å². The van der Waals surface area contributed by atoms with E-state index in [-0.39, 0.29) is 16.9 Å². The Labute approximate surface area is 169 Å². The van der Waals surface area contributed by atoms with Crippen molar-refractivity contribution in [3.05, 3.63) is 46.3 Å². The smallest absolute Gasteiger partial charge is 0.433 e. The van der Waals surface area contributed by atoms with Crippen LogP contribution in [0.25, 0.3) is 5.78 Å². The monoisotopic (exact) mass is 443 g/mol. The summed E-state index contributed by atoms with van der Waals surface area (Å²) in [4.78, 5) is 19.6. The third kappa shape index (κ3) is 3.79.